The number of carbonyl (C=O) groups excluding carboxylic acids is 1. The Labute approximate surface area is 118 Å². The quantitative estimate of drug-likeness (QED) is 0.806. The van der Waals surface area contributed by atoms with E-state index in [9.17, 15) is 4.79 Å². The summed E-state index contributed by atoms with van der Waals surface area (Å²) in [5.41, 5.74) is 5.94. The van der Waals surface area contributed by atoms with E-state index in [0.29, 0.717) is 6.54 Å². The Hall–Kier alpha value is -0.770. The van der Waals surface area contributed by atoms with Gasteiger partial charge in [-0.05, 0) is 51.9 Å². The zero-order chi connectivity index (χ0) is 14.5. The summed E-state index contributed by atoms with van der Waals surface area (Å²) in [6, 6.07) is 0.223. The number of nitrogens with two attached hydrogens (primary N) is 1. The number of hydrogen-bond donors (Lipinski definition) is 2. The van der Waals surface area contributed by atoms with Crippen molar-refractivity contribution in [1.29, 1.82) is 0 Å². The molecule has 0 bridgehead atoms. The monoisotopic (exact) mass is 269 g/mol. The Balaban J connectivity index is 2.84. The number of urea groups is 1. The van der Waals surface area contributed by atoms with Gasteiger partial charge >= 0.3 is 6.03 Å². The lowest BCUT2D eigenvalue weighted by Gasteiger charge is -2.47. The van der Waals surface area contributed by atoms with Crippen LogP contribution < -0.4 is 11.1 Å². The van der Waals surface area contributed by atoms with Gasteiger partial charge in [-0.2, -0.15) is 0 Å². The second-order valence-corrected chi connectivity index (χ2v) is 6.37. The third-order valence-corrected chi connectivity index (χ3v) is 4.26. The largest absolute Gasteiger partial charge is 0.336 e. The van der Waals surface area contributed by atoms with Crippen LogP contribution in [-0.4, -0.2) is 35.6 Å². The highest BCUT2D eigenvalue weighted by Gasteiger charge is 2.40. The third-order valence-electron chi connectivity index (χ3n) is 4.26. The summed E-state index contributed by atoms with van der Waals surface area (Å²) in [5.74, 6) is 0.760. The molecule has 2 amide bonds. The van der Waals surface area contributed by atoms with E-state index in [4.69, 9.17) is 5.73 Å². The molecule has 0 heterocycles. The molecule has 1 rings (SSSR count). The van der Waals surface area contributed by atoms with E-state index in [0.717, 1.165) is 31.7 Å². The molecule has 0 saturated heterocycles. The maximum atomic E-state index is 12.4. The normalized spacial score (nSPS) is 27.4. The molecule has 0 atom stereocenters. The Morgan fingerprint density at radius 1 is 1.42 bits per heavy atom. The molecular weight excluding hydrogens is 238 g/mol. The fourth-order valence-corrected chi connectivity index (χ4v) is 2.99. The van der Waals surface area contributed by atoms with Gasteiger partial charge in [0.2, 0.25) is 0 Å². The highest BCUT2D eigenvalue weighted by atomic mass is 16.2. The summed E-state index contributed by atoms with van der Waals surface area (Å²) in [5, 5.41) is 3.03. The number of hydrogen-bond acceptors (Lipinski definition) is 2. The van der Waals surface area contributed by atoms with Crippen molar-refractivity contribution in [1.82, 2.24) is 10.2 Å². The second kappa shape index (κ2) is 7.13. The van der Waals surface area contributed by atoms with Crippen LogP contribution in [0.1, 0.15) is 59.8 Å². The molecule has 1 aliphatic carbocycles. The van der Waals surface area contributed by atoms with Gasteiger partial charge in [0.05, 0.1) is 5.54 Å². The maximum absolute atomic E-state index is 12.4. The van der Waals surface area contributed by atoms with E-state index in [1.54, 1.807) is 0 Å². The molecule has 1 fully saturated rings. The zero-order valence-corrected chi connectivity index (χ0v) is 13.0. The van der Waals surface area contributed by atoms with Gasteiger partial charge < -0.3 is 16.0 Å². The lowest BCUT2D eigenvalue weighted by molar-refractivity contribution is 0.0701. The lowest BCUT2D eigenvalue weighted by Crippen LogP contribution is -2.61. The lowest BCUT2D eigenvalue weighted by atomic mass is 9.76. The molecule has 4 nitrogen and oxygen atoms in total. The molecular formula is C15H31N3O. The van der Waals surface area contributed by atoms with E-state index in [-0.39, 0.29) is 17.6 Å². The van der Waals surface area contributed by atoms with Crippen molar-refractivity contribution in [2.75, 3.05) is 13.1 Å². The molecule has 0 aromatic rings. The van der Waals surface area contributed by atoms with Gasteiger partial charge in [-0.3, -0.25) is 0 Å². The van der Waals surface area contributed by atoms with Crippen LogP contribution in [0.3, 0.4) is 0 Å². The Morgan fingerprint density at radius 3 is 2.42 bits per heavy atom. The number of nitrogens with one attached hydrogen (secondary N) is 1. The molecule has 19 heavy (non-hydrogen) atoms. The maximum Gasteiger partial charge on any atom is 0.318 e. The molecule has 0 unspecified atom stereocenters. The van der Waals surface area contributed by atoms with Gasteiger partial charge in [0.25, 0.3) is 0 Å². The molecule has 112 valence electrons. The number of nitrogens with zero attached hydrogens (tertiary/aromatic N) is 1. The molecule has 0 aromatic heterocycles. The molecule has 1 saturated carbocycles. The first-order valence-corrected chi connectivity index (χ1v) is 7.73. The summed E-state index contributed by atoms with van der Waals surface area (Å²) in [6.07, 6.45) is 5.40. The van der Waals surface area contributed by atoms with Crippen LogP contribution in [0.5, 0.6) is 0 Å². The molecule has 0 spiro atoms. The van der Waals surface area contributed by atoms with Gasteiger partial charge in [0, 0.05) is 19.1 Å². The van der Waals surface area contributed by atoms with Gasteiger partial charge in [0.15, 0.2) is 0 Å². The average molecular weight is 269 g/mol. The summed E-state index contributed by atoms with van der Waals surface area (Å²) >= 11 is 0. The van der Waals surface area contributed by atoms with Crippen LogP contribution in [-0.2, 0) is 0 Å². The third kappa shape index (κ3) is 4.10. The fourth-order valence-electron chi connectivity index (χ4n) is 2.99. The standard InChI is InChI=1S/C15H31N3O/c1-5-10-18(14(19)17-12(2)3)15(11-16)8-6-13(4)7-9-15/h12-13H,5-11,16H2,1-4H3,(H,17,19). The molecule has 0 radical (unpaired) electrons. The minimum Gasteiger partial charge on any atom is -0.336 e. The van der Waals surface area contributed by atoms with E-state index >= 15 is 0 Å². The van der Waals surface area contributed by atoms with Crippen LogP contribution in [0, 0.1) is 5.92 Å². The average Bonchev–Trinajstić information content (AvgIpc) is 2.37. The minimum absolute atomic E-state index is 0.0526. The molecule has 4 heteroatoms. The number of carbonyl (C=O) groups is 1. The SMILES string of the molecule is CCCN(C(=O)NC(C)C)C1(CN)CCC(C)CC1. The van der Waals surface area contributed by atoms with Crippen molar-refractivity contribution >= 4 is 6.03 Å². The van der Waals surface area contributed by atoms with Crippen molar-refractivity contribution in [2.45, 2.75) is 71.4 Å². The number of rotatable bonds is 5. The van der Waals surface area contributed by atoms with Crippen LogP contribution in [0.4, 0.5) is 4.79 Å². The smallest absolute Gasteiger partial charge is 0.318 e. The topological polar surface area (TPSA) is 58.4 Å². The Bertz CT molecular complexity index is 283. The number of amides is 2. The van der Waals surface area contributed by atoms with E-state index in [1.807, 2.05) is 18.7 Å². The predicted octanol–water partition coefficient (Wildman–Crippen LogP) is 2.72. The molecule has 3 N–H and O–H groups in total. The Morgan fingerprint density at radius 2 is 2.00 bits per heavy atom. The summed E-state index contributed by atoms with van der Waals surface area (Å²) < 4.78 is 0. The van der Waals surface area contributed by atoms with Crippen molar-refractivity contribution < 1.29 is 4.79 Å². The van der Waals surface area contributed by atoms with Crippen LogP contribution in [0.25, 0.3) is 0 Å². The first kappa shape index (κ1) is 16.3. The predicted molar refractivity (Wildman–Crippen MR) is 80.1 cm³/mol. The molecule has 1 aliphatic rings. The zero-order valence-electron chi connectivity index (χ0n) is 13.0. The first-order chi connectivity index (χ1) is 8.95. The fraction of sp³-hybridized carbons (Fsp3) is 0.933. The summed E-state index contributed by atoms with van der Waals surface area (Å²) in [6.45, 7) is 9.78. The van der Waals surface area contributed by atoms with Crippen molar-refractivity contribution in [2.24, 2.45) is 11.7 Å². The van der Waals surface area contributed by atoms with Gasteiger partial charge in [-0.1, -0.05) is 13.8 Å². The van der Waals surface area contributed by atoms with Gasteiger partial charge in [-0.15, -0.1) is 0 Å². The molecule has 0 aliphatic heterocycles. The van der Waals surface area contributed by atoms with Crippen LogP contribution in [0.2, 0.25) is 0 Å². The second-order valence-electron chi connectivity index (χ2n) is 6.37. The van der Waals surface area contributed by atoms with E-state index < -0.39 is 0 Å². The summed E-state index contributed by atoms with van der Waals surface area (Å²) in [4.78, 5) is 14.5. The van der Waals surface area contributed by atoms with Gasteiger partial charge in [0.1, 0.15) is 0 Å². The summed E-state index contributed by atoms with van der Waals surface area (Å²) in [7, 11) is 0. The van der Waals surface area contributed by atoms with E-state index in [1.165, 1.54) is 12.8 Å². The van der Waals surface area contributed by atoms with Gasteiger partial charge in [-0.25, -0.2) is 4.79 Å². The van der Waals surface area contributed by atoms with Crippen molar-refractivity contribution in [3.63, 3.8) is 0 Å². The van der Waals surface area contributed by atoms with Crippen LogP contribution in [0.15, 0.2) is 0 Å². The van der Waals surface area contributed by atoms with Crippen molar-refractivity contribution in [3.05, 3.63) is 0 Å². The van der Waals surface area contributed by atoms with E-state index in [2.05, 4.69) is 19.2 Å². The Kier molecular flexibility index (Phi) is 6.11. The first-order valence-electron chi connectivity index (χ1n) is 7.73. The highest BCUT2D eigenvalue weighted by molar-refractivity contribution is 5.75. The molecule has 0 aromatic carbocycles. The van der Waals surface area contributed by atoms with Crippen molar-refractivity contribution in [3.8, 4) is 0 Å². The minimum atomic E-state index is -0.124. The highest BCUT2D eigenvalue weighted by Crippen LogP contribution is 2.36. The van der Waals surface area contributed by atoms with Crippen LogP contribution >= 0.6 is 0 Å².